The topological polar surface area (TPSA) is 70.5 Å². The first kappa shape index (κ1) is 6.54. The number of ether oxygens (including phenoxy) is 2. The van der Waals surface area contributed by atoms with E-state index in [1.807, 2.05) is 0 Å². The van der Waals surface area contributed by atoms with Gasteiger partial charge < -0.3 is 20.9 Å². The summed E-state index contributed by atoms with van der Waals surface area (Å²) >= 11 is 0. The van der Waals surface area contributed by atoms with E-state index in [-0.39, 0.29) is 24.3 Å². The minimum atomic E-state index is 0.0264. The van der Waals surface area contributed by atoms with Gasteiger partial charge in [-0.15, -0.1) is 0 Å². The van der Waals surface area contributed by atoms with Crippen molar-refractivity contribution in [3.8, 4) is 0 Å². The Hall–Kier alpha value is -0.160. The standard InChI is InChI=1S/C6H12N2O2/c7-3-1-9-6-4(8)2-10-5(3)6/h3-6H,1-2,7-8H2/t3-,4+,5-,6-/m1/s1. The Bertz CT molecular complexity index is 126. The van der Waals surface area contributed by atoms with Gasteiger partial charge in [0.05, 0.1) is 25.3 Å². The van der Waals surface area contributed by atoms with Gasteiger partial charge in [0.25, 0.3) is 0 Å². The Morgan fingerprint density at radius 3 is 1.70 bits per heavy atom. The van der Waals surface area contributed by atoms with Crippen LogP contribution in [0.5, 0.6) is 0 Å². The summed E-state index contributed by atoms with van der Waals surface area (Å²) < 4.78 is 10.7. The van der Waals surface area contributed by atoms with E-state index in [4.69, 9.17) is 20.9 Å². The summed E-state index contributed by atoms with van der Waals surface area (Å²) in [7, 11) is 0. The van der Waals surface area contributed by atoms with E-state index in [0.29, 0.717) is 13.2 Å². The molecular weight excluding hydrogens is 132 g/mol. The van der Waals surface area contributed by atoms with E-state index in [9.17, 15) is 0 Å². The Morgan fingerprint density at radius 1 is 0.900 bits per heavy atom. The highest BCUT2D eigenvalue weighted by Gasteiger charge is 2.44. The van der Waals surface area contributed by atoms with Gasteiger partial charge in [0.2, 0.25) is 0 Å². The van der Waals surface area contributed by atoms with E-state index in [1.165, 1.54) is 0 Å². The average molecular weight is 144 g/mol. The SMILES string of the molecule is N[C@@H]1CO[C@H]2[C@@H]1OC[C@@H]2N. The van der Waals surface area contributed by atoms with Crippen molar-refractivity contribution in [3.05, 3.63) is 0 Å². The summed E-state index contributed by atoms with van der Waals surface area (Å²) in [5.74, 6) is 0. The van der Waals surface area contributed by atoms with Crippen LogP contribution in [0, 0.1) is 0 Å². The van der Waals surface area contributed by atoms with Crippen molar-refractivity contribution in [1.29, 1.82) is 0 Å². The Kier molecular flexibility index (Phi) is 1.42. The highest BCUT2D eigenvalue weighted by molar-refractivity contribution is 4.97. The van der Waals surface area contributed by atoms with E-state index in [0.717, 1.165) is 0 Å². The number of fused-ring (bicyclic) bond motifs is 1. The quantitative estimate of drug-likeness (QED) is 0.431. The number of hydrogen-bond donors (Lipinski definition) is 2. The van der Waals surface area contributed by atoms with Crippen LogP contribution in [0.25, 0.3) is 0 Å². The molecule has 0 aromatic heterocycles. The van der Waals surface area contributed by atoms with Gasteiger partial charge >= 0.3 is 0 Å². The fraction of sp³-hybridized carbons (Fsp3) is 1.00. The summed E-state index contributed by atoms with van der Waals surface area (Å²) in [5.41, 5.74) is 11.4. The monoisotopic (exact) mass is 144 g/mol. The zero-order valence-electron chi connectivity index (χ0n) is 5.69. The Morgan fingerprint density at radius 2 is 1.30 bits per heavy atom. The molecule has 0 aliphatic carbocycles. The second kappa shape index (κ2) is 2.17. The minimum absolute atomic E-state index is 0.0264. The maximum absolute atomic E-state index is 5.68. The molecule has 0 amide bonds. The second-order valence-corrected chi connectivity index (χ2v) is 2.92. The molecule has 4 atom stereocenters. The molecule has 4 nitrogen and oxygen atoms in total. The lowest BCUT2D eigenvalue weighted by atomic mass is 10.1. The third kappa shape index (κ3) is 0.769. The minimum Gasteiger partial charge on any atom is -0.372 e. The van der Waals surface area contributed by atoms with Crippen molar-refractivity contribution in [2.75, 3.05) is 13.2 Å². The summed E-state index contributed by atoms with van der Waals surface area (Å²) in [6.45, 7) is 1.17. The number of hydrogen-bond acceptors (Lipinski definition) is 4. The molecule has 4 N–H and O–H groups in total. The molecule has 0 aromatic rings. The van der Waals surface area contributed by atoms with Crippen LogP contribution < -0.4 is 11.5 Å². The number of rotatable bonds is 0. The highest BCUT2D eigenvalue weighted by Crippen LogP contribution is 2.24. The molecule has 2 rings (SSSR count). The smallest absolute Gasteiger partial charge is 0.103 e. The zero-order valence-corrected chi connectivity index (χ0v) is 5.69. The van der Waals surface area contributed by atoms with Gasteiger partial charge in [0.15, 0.2) is 0 Å². The van der Waals surface area contributed by atoms with Gasteiger partial charge in [0.1, 0.15) is 12.2 Å². The van der Waals surface area contributed by atoms with E-state index >= 15 is 0 Å². The molecular formula is C6H12N2O2. The molecule has 0 bridgehead atoms. The molecule has 0 unspecified atom stereocenters. The molecule has 2 saturated heterocycles. The second-order valence-electron chi connectivity index (χ2n) is 2.92. The number of nitrogens with two attached hydrogens (primary N) is 2. The lowest BCUT2D eigenvalue weighted by molar-refractivity contribution is 0.0691. The van der Waals surface area contributed by atoms with Crippen molar-refractivity contribution in [3.63, 3.8) is 0 Å². The molecule has 0 aromatic carbocycles. The maximum Gasteiger partial charge on any atom is 0.103 e. The highest BCUT2D eigenvalue weighted by atomic mass is 16.6. The summed E-state index contributed by atoms with van der Waals surface area (Å²) in [5, 5.41) is 0. The lowest BCUT2D eigenvalue weighted by Crippen LogP contribution is -2.39. The lowest BCUT2D eigenvalue weighted by Gasteiger charge is -2.10. The van der Waals surface area contributed by atoms with Crippen LogP contribution in [-0.2, 0) is 9.47 Å². The first-order valence-corrected chi connectivity index (χ1v) is 3.53. The van der Waals surface area contributed by atoms with Crippen molar-refractivity contribution >= 4 is 0 Å². The molecule has 2 heterocycles. The van der Waals surface area contributed by atoms with Crippen molar-refractivity contribution in [2.45, 2.75) is 24.3 Å². The predicted octanol–water partition coefficient (Wildman–Crippen LogP) is -1.56. The molecule has 0 saturated carbocycles. The summed E-state index contributed by atoms with van der Waals surface area (Å²) in [6.07, 6.45) is 0.102. The first-order chi connectivity index (χ1) is 4.79. The fourth-order valence-electron chi connectivity index (χ4n) is 1.56. The molecule has 0 spiro atoms. The van der Waals surface area contributed by atoms with Gasteiger partial charge in [-0.25, -0.2) is 0 Å². The van der Waals surface area contributed by atoms with Crippen LogP contribution in [0.1, 0.15) is 0 Å². The fourth-order valence-corrected chi connectivity index (χ4v) is 1.56. The molecule has 58 valence electrons. The Balaban J connectivity index is 2.09. The van der Waals surface area contributed by atoms with Crippen LogP contribution in [0.3, 0.4) is 0 Å². The molecule has 2 aliphatic rings. The first-order valence-electron chi connectivity index (χ1n) is 3.53. The van der Waals surface area contributed by atoms with Crippen LogP contribution >= 0.6 is 0 Å². The maximum atomic E-state index is 5.68. The van der Waals surface area contributed by atoms with Crippen molar-refractivity contribution in [1.82, 2.24) is 0 Å². The third-order valence-corrected chi connectivity index (χ3v) is 2.13. The van der Waals surface area contributed by atoms with Crippen LogP contribution in [-0.4, -0.2) is 37.5 Å². The molecule has 0 radical (unpaired) electrons. The molecule has 2 aliphatic heterocycles. The van der Waals surface area contributed by atoms with Gasteiger partial charge in [-0.2, -0.15) is 0 Å². The normalized spacial score (nSPS) is 53.4. The van der Waals surface area contributed by atoms with Gasteiger partial charge in [-0.3, -0.25) is 0 Å². The van der Waals surface area contributed by atoms with E-state index in [2.05, 4.69) is 0 Å². The predicted molar refractivity (Wildman–Crippen MR) is 35.4 cm³/mol. The van der Waals surface area contributed by atoms with E-state index < -0.39 is 0 Å². The van der Waals surface area contributed by atoms with Gasteiger partial charge in [-0.05, 0) is 0 Å². The van der Waals surface area contributed by atoms with E-state index in [1.54, 1.807) is 0 Å². The van der Waals surface area contributed by atoms with Gasteiger partial charge in [0, 0.05) is 0 Å². The van der Waals surface area contributed by atoms with Crippen molar-refractivity contribution in [2.24, 2.45) is 11.5 Å². The van der Waals surface area contributed by atoms with Crippen molar-refractivity contribution < 1.29 is 9.47 Å². The Labute approximate surface area is 59.5 Å². The van der Waals surface area contributed by atoms with Crippen LogP contribution in [0.15, 0.2) is 0 Å². The summed E-state index contributed by atoms with van der Waals surface area (Å²) in [6, 6.07) is 0.0529. The molecule has 4 heteroatoms. The van der Waals surface area contributed by atoms with Gasteiger partial charge in [-0.1, -0.05) is 0 Å². The molecule has 10 heavy (non-hydrogen) atoms. The van der Waals surface area contributed by atoms with Crippen LogP contribution in [0.4, 0.5) is 0 Å². The largest absolute Gasteiger partial charge is 0.372 e. The van der Waals surface area contributed by atoms with Crippen LogP contribution in [0.2, 0.25) is 0 Å². The zero-order chi connectivity index (χ0) is 7.14. The average Bonchev–Trinajstić information content (AvgIpc) is 2.41. The third-order valence-electron chi connectivity index (χ3n) is 2.13. The summed E-state index contributed by atoms with van der Waals surface area (Å²) in [4.78, 5) is 0. The molecule has 2 fully saturated rings.